The molecule has 2 nitrogen and oxygen atoms in total. The molecular formula is C16H16O2. The van der Waals surface area contributed by atoms with Gasteiger partial charge in [-0.25, -0.2) is 0 Å². The van der Waals surface area contributed by atoms with E-state index in [4.69, 9.17) is 10.2 Å². The molecule has 0 amide bonds. The molecule has 18 heavy (non-hydrogen) atoms. The van der Waals surface area contributed by atoms with E-state index in [1.165, 1.54) is 0 Å². The van der Waals surface area contributed by atoms with Gasteiger partial charge in [-0.2, -0.15) is 0 Å². The van der Waals surface area contributed by atoms with Crippen LogP contribution in [-0.2, 0) is 13.2 Å². The lowest BCUT2D eigenvalue weighted by Crippen LogP contribution is -1.82. The standard InChI is InChI=1S/C16H16O2/c17-11-15-7-3-13(4-8-15)1-2-14-5-9-16(12-18)10-6-14/h1-10,17-18H,11-12H2/b2-1+. The summed E-state index contributed by atoms with van der Waals surface area (Å²) < 4.78 is 0. The molecule has 0 spiro atoms. The molecule has 2 aromatic carbocycles. The molecule has 0 saturated carbocycles. The summed E-state index contributed by atoms with van der Waals surface area (Å²) in [5, 5.41) is 17.9. The second-order valence-electron chi connectivity index (χ2n) is 4.13. The van der Waals surface area contributed by atoms with Crippen LogP contribution in [0.4, 0.5) is 0 Å². The molecule has 2 N–H and O–H groups in total. The van der Waals surface area contributed by atoms with E-state index in [-0.39, 0.29) is 13.2 Å². The maximum Gasteiger partial charge on any atom is 0.0681 e. The van der Waals surface area contributed by atoms with Crippen LogP contribution < -0.4 is 0 Å². The third-order valence-electron chi connectivity index (χ3n) is 2.79. The highest BCUT2D eigenvalue weighted by Gasteiger charge is 1.92. The van der Waals surface area contributed by atoms with Crippen molar-refractivity contribution in [3.63, 3.8) is 0 Å². The van der Waals surface area contributed by atoms with Crippen molar-refractivity contribution in [2.45, 2.75) is 13.2 Å². The molecule has 0 saturated heterocycles. The smallest absolute Gasteiger partial charge is 0.0681 e. The van der Waals surface area contributed by atoms with Gasteiger partial charge >= 0.3 is 0 Å². The Bertz CT molecular complexity index is 460. The lowest BCUT2D eigenvalue weighted by atomic mass is 10.1. The largest absolute Gasteiger partial charge is 0.392 e. The van der Waals surface area contributed by atoms with Crippen LogP contribution in [0, 0.1) is 0 Å². The van der Waals surface area contributed by atoms with Crippen LogP contribution in [0.25, 0.3) is 12.2 Å². The summed E-state index contributed by atoms with van der Waals surface area (Å²) >= 11 is 0. The average molecular weight is 240 g/mol. The van der Waals surface area contributed by atoms with Gasteiger partial charge in [-0.05, 0) is 22.3 Å². The van der Waals surface area contributed by atoms with Gasteiger partial charge in [0, 0.05) is 0 Å². The number of hydrogen-bond donors (Lipinski definition) is 2. The van der Waals surface area contributed by atoms with Crippen LogP contribution >= 0.6 is 0 Å². The Morgan fingerprint density at radius 3 is 1.22 bits per heavy atom. The van der Waals surface area contributed by atoms with E-state index < -0.39 is 0 Å². The Morgan fingerprint density at radius 1 is 0.611 bits per heavy atom. The summed E-state index contributed by atoms with van der Waals surface area (Å²) in [6.45, 7) is 0.152. The predicted octanol–water partition coefficient (Wildman–Crippen LogP) is 2.84. The Balaban J connectivity index is 2.08. The zero-order valence-electron chi connectivity index (χ0n) is 10.1. The van der Waals surface area contributed by atoms with Crippen molar-refractivity contribution in [3.05, 3.63) is 70.8 Å². The van der Waals surface area contributed by atoms with Gasteiger partial charge in [0.15, 0.2) is 0 Å². The van der Waals surface area contributed by atoms with Crippen molar-refractivity contribution in [2.24, 2.45) is 0 Å². The maximum atomic E-state index is 8.95. The minimum atomic E-state index is 0.0760. The Hall–Kier alpha value is -1.90. The lowest BCUT2D eigenvalue weighted by molar-refractivity contribution is 0.281. The van der Waals surface area contributed by atoms with E-state index in [1.807, 2.05) is 60.7 Å². The molecule has 0 aromatic heterocycles. The number of benzene rings is 2. The monoisotopic (exact) mass is 240 g/mol. The maximum absolute atomic E-state index is 8.95. The van der Waals surface area contributed by atoms with E-state index in [0.717, 1.165) is 22.3 Å². The third kappa shape index (κ3) is 3.29. The molecule has 0 unspecified atom stereocenters. The van der Waals surface area contributed by atoms with E-state index in [9.17, 15) is 0 Å². The quantitative estimate of drug-likeness (QED) is 0.807. The van der Waals surface area contributed by atoms with Gasteiger partial charge in [-0.1, -0.05) is 60.7 Å². The van der Waals surface area contributed by atoms with Gasteiger partial charge in [0.05, 0.1) is 13.2 Å². The minimum Gasteiger partial charge on any atom is -0.392 e. The zero-order chi connectivity index (χ0) is 12.8. The van der Waals surface area contributed by atoms with Crippen LogP contribution in [0.15, 0.2) is 48.5 Å². The Morgan fingerprint density at radius 2 is 0.944 bits per heavy atom. The van der Waals surface area contributed by atoms with Crippen LogP contribution in [-0.4, -0.2) is 10.2 Å². The molecule has 0 aliphatic rings. The summed E-state index contributed by atoms with van der Waals surface area (Å²) in [5.74, 6) is 0. The molecule has 0 aliphatic carbocycles. The molecule has 0 heterocycles. The van der Waals surface area contributed by atoms with Gasteiger partial charge in [0.2, 0.25) is 0 Å². The molecule has 92 valence electrons. The normalized spacial score (nSPS) is 11.0. The lowest BCUT2D eigenvalue weighted by Gasteiger charge is -1.98. The summed E-state index contributed by atoms with van der Waals surface area (Å²) in [6, 6.07) is 15.6. The van der Waals surface area contributed by atoms with Crippen molar-refractivity contribution < 1.29 is 10.2 Å². The van der Waals surface area contributed by atoms with E-state index in [0.29, 0.717) is 0 Å². The fraction of sp³-hybridized carbons (Fsp3) is 0.125. The van der Waals surface area contributed by atoms with Gasteiger partial charge in [-0.3, -0.25) is 0 Å². The molecule has 2 heteroatoms. The molecule has 2 rings (SSSR count). The minimum absolute atomic E-state index is 0.0760. The second kappa shape index (κ2) is 6.15. The third-order valence-corrected chi connectivity index (χ3v) is 2.79. The predicted molar refractivity (Wildman–Crippen MR) is 73.7 cm³/mol. The van der Waals surface area contributed by atoms with E-state index in [1.54, 1.807) is 0 Å². The SMILES string of the molecule is OCc1ccc(/C=C/c2ccc(CO)cc2)cc1. The van der Waals surface area contributed by atoms with Gasteiger partial charge < -0.3 is 10.2 Å². The first-order valence-electron chi connectivity index (χ1n) is 5.89. The van der Waals surface area contributed by atoms with Crippen molar-refractivity contribution in [1.82, 2.24) is 0 Å². The summed E-state index contributed by atoms with van der Waals surface area (Å²) in [5.41, 5.74) is 4.02. The summed E-state index contributed by atoms with van der Waals surface area (Å²) in [7, 11) is 0. The first-order valence-corrected chi connectivity index (χ1v) is 5.89. The van der Waals surface area contributed by atoms with Crippen LogP contribution in [0.3, 0.4) is 0 Å². The van der Waals surface area contributed by atoms with Crippen molar-refractivity contribution >= 4 is 12.2 Å². The molecule has 0 bridgehead atoms. The number of rotatable bonds is 4. The fourth-order valence-corrected chi connectivity index (χ4v) is 1.66. The number of hydrogen-bond acceptors (Lipinski definition) is 2. The average Bonchev–Trinajstić information content (AvgIpc) is 2.46. The van der Waals surface area contributed by atoms with Crippen LogP contribution in [0.5, 0.6) is 0 Å². The summed E-state index contributed by atoms with van der Waals surface area (Å²) in [4.78, 5) is 0. The Labute approximate surface area is 107 Å². The fourth-order valence-electron chi connectivity index (χ4n) is 1.66. The molecular weight excluding hydrogens is 224 g/mol. The molecule has 0 radical (unpaired) electrons. The van der Waals surface area contributed by atoms with Crippen molar-refractivity contribution in [1.29, 1.82) is 0 Å². The second-order valence-corrected chi connectivity index (χ2v) is 4.13. The first kappa shape index (κ1) is 12.6. The molecule has 2 aromatic rings. The topological polar surface area (TPSA) is 40.5 Å². The summed E-state index contributed by atoms with van der Waals surface area (Å²) in [6.07, 6.45) is 4.05. The van der Waals surface area contributed by atoms with Crippen molar-refractivity contribution in [3.8, 4) is 0 Å². The van der Waals surface area contributed by atoms with Gasteiger partial charge in [0.25, 0.3) is 0 Å². The number of aliphatic hydroxyl groups excluding tert-OH is 2. The first-order chi connectivity index (χ1) is 8.81. The van der Waals surface area contributed by atoms with Gasteiger partial charge in [-0.15, -0.1) is 0 Å². The van der Waals surface area contributed by atoms with Crippen LogP contribution in [0.1, 0.15) is 22.3 Å². The highest BCUT2D eigenvalue weighted by atomic mass is 16.3. The van der Waals surface area contributed by atoms with Gasteiger partial charge in [0.1, 0.15) is 0 Å². The zero-order valence-corrected chi connectivity index (χ0v) is 10.1. The number of aliphatic hydroxyl groups is 2. The molecule has 0 aliphatic heterocycles. The van der Waals surface area contributed by atoms with Crippen LogP contribution in [0.2, 0.25) is 0 Å². The van der Waals surface area contributed by atoms with E-state index >= 15 is 0 Å². The Kier molecular flexibility index (Phi) is 4.29. The molecule has 0 fully saturated rings. The van der Waals surface area contributed by atoms with E-state index in [2.05, 4.69) is 0 Å². The molecule has 0 atom stereocenters. The highest BCUT2D eigenvalue weighted by molar-refractivity contribution is 5.69. The van der Waals surface area contributed by atoms with Crippen molar-refractivity contribution in [2.75, 3.05) is 0 Å². The highest BCUT2D eigenvalue weighted by Crippen LogP contribution is 2.11.